The molecular formula is C12H12N4O2. The summed E-state index contributed by atoms with van der Waals surface area (Å²) in [6.07, 6.45) is 3.94. The fourth-order valence-corrected chi connectivity index (χ4v) is 2.07. The predicted molar refractivity (Wildman–Crippen MR) is 65.1 cm³/mol. The molecule has 0 unspecified atom stereocenters. The van der Waals surface area contributed by atoms with E-state index in [0.29, 0.717) is 11.9 Å². The molecule has 1 fully saturated rings. The molecule has 1 aromatic heterocycles. The number of nitrogens with zero attached hydrogens (tertiary/aromatic N) is 4. The average Bonchev–Trinajstić information content (AvgIpc) is 3.06. The van der Waals surface area contributed by atoms with Gasteiger partial charge in [0, 0.05) is 23.7 Å². The van der Waals surface area contributed by atoms with Crippen LogP contribution in [-0.2, 0) is 0 Å². The van der Waals surface area contributed by atoms with Gasteiger partial charge in [0.15, 0.2) is 5.82 Å². The predicted octanol–water partition coefficient (Wildman–Crippen LogP) is 2.50. The third-order valence-electron chi connectivity index (χ3n) is 3.04. The van der Waals surface area contributed by atoms with Gasteiger partial charge >= 0.3 is 0 Å². The van der Waals surface area contributed by atoms with E-state index in [1.54, 1.807) is 18.5 Å². The smallest absolute Gasteiger partial charge is 0.270 e. The molecule has 0 spiro atoms. The Labute approximate surface area is 103 Å². The number of rotatable bonds is 3. The van der Waals surface area contributed by atoms with Gasteiger partial charge in [0.2, 0.25) is 0 Å². The molecule has 3 rings (SSSR count). The van der Waals surface area contributed by atoms with Gasteiger partial charge in [-0.1, -0.05) is 0 Å². The molecule has 18 heavy (non-hydrogen) atoms. The summed E-state index contributed by atoms with van der Waals surface area (Å²) in [7, 11) is 0. The van der Waals surface area contributed by atoms with E-state index < -0.39 is 0 Å². The van der Waals surface area contributed by atoms with E-state index in [1.807, 2.05) is 17.6 Å². The third kappa shape index (κ3) is 1.85. The first kappa shape index (κ1) is 10.9. The first-order valence-corrected chi connectivity index (χ1v) is 5.81. The molecule has 2 aromatic rings. The van der Waals surface area contributed by atoms with Crippen LogP contribution in [0.15, 0.2) is 24.5 Å². The molecule has 6 heteroatoms. The highest BCUT2D eigenvalue weighted by molar-refractivity contribution is 5.61. The SMILES string of the molecule is Cc1cc(-c2nncn2C2CC2)cc([N+](=O)[O-])c1. The maximum Gasteiger partial charge on any atom is 0.270 e. The fourth-order valence-electron chi connectivity index (χ4n) is 2.07. The van der Waals surface area contributed by atoms with Crippen LogP contribution in [0.5, 0.6) is 0 Å². The number of non-ortho nitro benzene ring substituents is 1. The van der Waals surface area contributed by atoms with Crippen molar-refractivity contribution in [3.05, 3.63) is 40.2 Å². The van der Waals surface area contributed by atoms with Crippen molar-refractivity contribution >= 4 is 5.69 Å². The Morgan fingerprint density at radius 1 is 1.39 bits per heavy atom. The van der Waals surface area contributed by atoms with Gasteiger partial charge in [-0.3, -0.25) is 10.1 Å². The maximum absolute atomic E-state index is 10.9. The summed E-state index contributed by atoms with van der Waals surface area (Å²) in [5, 5.41) is 18.9. The number of nitro groups is 1. The zero-order chi connectivity index (χ0) is 12.7. The highest BCUT2D eigenvalue weighted by atomic mass is 16.6. The summed E-state index contributed by atoms with van der Waals surface area (Å²) in [6, 6.07) is 5.46. The Balaban J connectivity index is 2.10. The molecule has 1 aliphatic carbocycles. The number of aryl methyl sites for hydroxylation is 1. The lowest BCUT2D eigenvalue weighted by Crippen LogP contribution is -1.97. The number of hydrogen-bond acceptors (Lipinski definition) is 4. The van der Waals surface area contributed by atoms with Crippen LogP contribution in [0.2, 0.25) is 0 Å². The van der Waals surface area contributed by atoms with Crippen molar-refractivity contribution in [3.63, 3.8) is 0 Å². The molecule has 1 aliphatic rings. The number of hydrogen-bond donors (Lipinski definition) is 0. The fraction of sp³-hybridized carbons (Fsp3) is 0.333. The zero-order valence-corrected chi connectivity index (χ0v) is 9.91. The summed E-state index contributed by atoms with van der Waals surface area (Å²) in [5.41, 5.74) is 1.70. The molecule has 0 radical (unpaired) electrons. The van der Waals surface area contributed by atoms with E-state index >= 15 is 0 Å². The summed E-state index contributed by atoms with van der Waals surface area (Å²) in [5.74, 6) is 0.712. The molecule has 1 saturated carbocycles. The standard InChI is InChI=1S/C12H12N4O2/c1-8-4-9(6-11(5-8)16(17)18)12-14-13-7-15(12)10-2-3-10/h4-7,10H,2-3H2,1H3. The van der Waals surface area contributed by atoms with Gasteiger partial charge in [0.25, 0.3) is 5.69 Å². The number of benzene rings is 1. The minimum absolute atomic E-state index is 0.0929. The Bertz CT molecular complexity index is 616. The Morgan fingerprint density at radius 3 is 2.83 bits per heavy atom. The molecule has 1 heterocycles. The summed E-state index contributed by atoms with van der Waals surface area (Å²) < 4.78 is 2.00. The lowest BCUT2D eigenvalue weighted by molar-refractivity contribution is -0.384. The molecule has 0 amide bonds. The molecule has 0 atom stereocenters. The third-order valence-corrected chi connectivity index (χ3v) is 3.04. The molecule has 0 N–H and O–H groups in total. The van der Waals surface area contributed by atoms with Gasteiger partial charge in [-0.25, -0.2) is 0 Å². The first-order valence-electron chi connectivity index (χ1n) is 5.81. The highest BCUT2D eigenvalue weighted by Gasteiger charge is 2.27. The topological polar surface area (TPSA) is 73.8 Å². The lowest BCUT2D eigenvalue weighted by atomic mass is 10.1. The van der Waals surface area contributed by atoms with Crippen molar-refractivity contribution in [2.75, 3.05) is 0 Å². The lowest BCUT2D eigenvalue weighted by Gasteiger charge is -2.05. The Morgan fingerprint density at radius 2 is 2.17 bits per heavy atom. The zero-order valence-electron chi connectivity index (χ0n) is 9.91. The van der Waals surface area contributed by atoms with Crippen LogP contribution in [0.1, 0.15) is 24.4 Å². The van der Waals surface area contributed by atoms with E-state index in [0.717, 1.165) is 24.0 Å². The number of aromatic nitrogens is 3. The minimum Gasteiger partial charge on any atom is -0.310 e. The van der Waals surface area contributed by atoms with Crippen molar-refractivity contribution < 1.29 is 4.92 Å². The quantitative estimate of drug-likeness (QED) is 0.614. The first-order chi connectivity index (χ1) is 8.65. The largest absolute Gasteiger partial charge is 0.310 e. The summed E-state index contributed by atoms with van der Waals surface area (Å²) in [4.78, 5) is 10.5. The van der Waals surface area contributed by atoms with Gasteiger partial charge < -0.3 is 4.57 Å². The van der Waals surface area contributed by atoms with Crippen molar-refractivity contribution in [2.24, 2.45) is 0 Å². The normalized spacial score (nSPS) is 14.7. The van der Waals surface area contributed by atoms with Gasteiger partial charge in [-0.05, 0) is 31.4 Å². The maximum atomic E-state index is 10.9. The Kier molecular flexibility index (Phi) is 2.36. The molecule has 1 aromatic carbocycles. The van der Waals surface area contributed by atoms with Crippen LogP contribution in [0.4, 0.5) is 5.69 Å². The van der Waals surface area contributed by atoms with Crippen LogP contribution in [0, 0.1) is 17.0 Å². The van der Waals surface area contributed by atoms with E-state index in [9.17, 15) is 10.1 Å². The Hall–Kier alpha value is -2.24. The molecule has 92 valence electrons. The van der Waals surface area contributed by atoms with E-state index in [1.165, 1.54) is 0 Å². The van der Waals surface area contributed by atoms with Crippen LogP contribution in [0.3, 0.4) is 0 Å². The molecule has 0 bridgehead atoms. The van der Waals surface area contributed by atoms with Crippen molar-refractivity contribution in [2.45, 2.75) is 25.8 Å². The minimum atomic E-state index is -0.381. The molecule has 0 saturated heterocycles. The number of nitro benzene ring substituents is 1. The molecular weight excluding hydrogens is 232 g/mol. The van der Waals surface area contributed by atoms with Crippen LogP contribution in [-0.4, -0.2) is 19.7 Å². The second-order valence-corrected chi connectivity index (χ2v) is 4.61. The average molecular weight is 244 g/mol. The van der Waals surface area contributed by atoms with E-state index in [2.05, 4.69) is 10.2 Å². The van der Waals surface area contributed by atoms with Crippen molar-refractivity contribution in [3.8, 4) is 11.4 Å². The second kappa shape index (κ2) is 3.90. The van der Waals surface area contributed by atoms with Gasteiger partial charge in [0.05, 0.1) is 4.92 Å². The van der Waals surface area contributed by atoms with Crippen molar-refractivity contribution in [1.29, 1.82) is 0 Å². The second-order valence-electron chi connectivity index (χ2n) is 4.61. The van der Waals surface area contributed by atoms with Crippen LogP contribution in [0.25, 0.3) is 11.4 Å². The van der Waals surface area contributed by atoms with Crippen LogP contribution < -0.4 is 0 Å². The van der Waals surface area contributed by atoms with E-state index in [-0.39, 0.29) is 10.6 Å². The molecule has 6 nitrogen and oxygen atoms in total. The highest BCUT2D eigenvalue weighted by Crippen LogP contribution is 2.38. The van der Waals surface area contributed by atoms with Gasteiger partial charge in [-0.15, -0.1) is 10.2 Å². The van der Waals surface area contributed by atoms with Gasteiger partial charge in [-0.2, -0.15) is 0 Å². The van der Waals surface area contributed by atoms with Gasteiger partial charge in [0.1, 0.15) is 6.33 Å². The van der Waals surface area contributed by atoms with Crippen LogP contribution >= 0.6 is 0 Å². The monoisotopic (exact) mass is 244 g/mol. The molecule has 0 aliphatic heterocycles. The van der Waals surface area contributed by atoms with Crippen molar-refractivity contribution in [1.82, 2.24) is 14.8 Å². The summed E-state index contributed by atoms with van der Waals surface area (Å²) in [6.45, 7) is 1.84. The van der Waals surface area contributed by atoms with E-state index in [4.69, 9.17) is 0 Å². The summed E-state index contributed by atoms with van der Waals surface area (Å²) >= 11 is 0.